The van der Waals surface area contributed by atoms with Gasteiger partial charge >= 0.3 is 0 Å². The molecule has 0 spiro atoms. The van der Waals surface area contributed by atoms with Crippen molar-refractivity contribution in [2.75, 3.05) is 0 Å². The van der Waals surface area contributed by atoms with Gasteiger partial charge in [-0.15, -0.1) is 0 Å². The van der Waals surface area contributed by atoms with Crippen molar-refractivity contribution in [1.29, 1.82) is 0 Å². The molecule has 0 N–H and O–H groups in total. The zero-order valence-electron chi connectivity index (χ0n) is 7.47. The third-order valence-corrected chi connectivity index (χ3v) is 1.82. The zero-order valence-corrected chi connectivity index (χ0v) is 7.47. The van der Waals surface area contributed by atoms with Crippen LogP contribution in [0.15, 0.2) is 24.3 Å². The molecule has 0 amide bonds. The molecular weight excluding hydrogens is 151 g/mol. The van der Waals surface area contributed by atoms with Crippen LogP contribution in [0.2, 0.25) is 0 Å². The van der Waals surface area contributed by atoms with Crippen LogP contribution in [0.4, 0.5) is 4.39 Å². The van der Waals surface area contributed by atoms with Crippen molar-refractivity contribution < 1.29 is 4.39 Å². The monoisotopic (exact) mass is 164 g/mol. The summed E-state index contributed by atoms with van der Waals surface area (Å²) in [5.74, 6) is -0.104. The van der Waals surface area contributed by atoms with Gasteiger partial charge in [0.25, 0.3) is 0 Å². The Balaban J connectivity index is 3.01. The molecule has 64 valence electrons. The Morgan fingerprint density at radius 1 is 1.42 bits per heavy atom. The summed E-state index contributed by atoms with van der Waals surface area (Å²) in [6, 6.07) is 5.34. The molecule has 12 heavy (non-hydrogen) atoms. The first-order valence-electron chi connectivity index (χ1n) is 4.19. The van der Waals surface area contributed by atoms with Crippen LogP contribution >= 0.6 is 0 Å². The average Bonchev–Trinajstić information content (AvgIpc) is 2.05. The maximum atomic E-state index is 13.1. The Morgan fingerprint density at radius 2 is 2.17 bits per heavy atom. The lowest BCUT2D eigenvalue weighted by Crippen LogP contribution is -1.87. The van der Waals surface area contributed by atoms with Crippen LogP contribution < -0.4 is 0 Å². The fourth-order valence-corrected chi connectivity index (χ4v) is 1.15. The highest BCUT2D eigenvalue weighted by atomic mass is 19.1. The van der Waals surface area contributed by atoms with Gasteiger partial charge in [-0.1, -0.05) is 31.2 Å². The second-order valence-electron chi connectivity index (χ2n) is 2.70. The summed E-state index contributed by atoms with van der Waals surface area (Å²) in [4.78, 5) is 0. The first-order valence-corrected chi connectivity index (χ1v) is 4.19. The van der Waals surface area contributed by atoms with Gasteiger partial charge in [-0.2, -0.15) is 0 Å². The number of hydrogen-bond donors (Lipinski definition) is 0. The second kappa shape index (κ2) is 4.05. The third kappa shape index (κ3) is 1.94. The Hall–Kier alpha value is -1.11. The second-order valence-corrected chi connectivity index (χ2v) is 2.70. The summed E-state index contributed by atoms with van der Waals surface area (Å²) in [6.07, 6.45) is 4.55. The van der Waals surface area contributed by atoms with Crippen molar-refractivity contribution in [3.63, 3.8) is 0 Å². The lowest BCUT2D eigenvalue weighted by atomic mass is 10.1. The molecule has 1 rings (SSSR count). The van der Waals surface area contributed by atoms with E-state index in [9.17, 15) is 4.39 Å². The van der Waals surface area contributed by atoms with Gasteiger partial charge in [0.1, 0.15) is 5.82 Å². The van der Waals surface area contributed by atoms with Gasteiger partial charge < -0.3 is 0 Å². The summed E-state index contributed by atoms with van der Waals surface area (Å²) in [5, 5.41) is 0. The SMILES string of the molecule is C/C=C/c1ccc(CC)c(F)c1. The topological polar surface area (TPSA) is 0 Å². The van der Waals surface area contributed by atoms with Gasteiger partial charge in [0.05, 0.1) is 0 Å². The van der Waals surface area contributed by atoms with Crippen molar-refractivity contribution in [3.05, 3.63) is 41.2 Å². The first-order chi connectivity index (χ1) is 5.77. The molecule has 0 fully saturated rings. The molecule has 0 radical (unpaired) electrons. The van der Waals surface area contributed by atoms with E-state index in [2.05, 4.69) is 0 Å². The normalized spacial score (nSPS) is 10.9. The summed E-state index contributed by atoms with van der Waals surface area (Å²) < 4.78 is 13.1. The van der Waals surface area contributed by atoms with Gasteiger partial charge in [-0.25, -0.2) is 4.39 Å². The van der Waals surface area contributed by atoms with Crippen LogP contribution in [-0.4, -0.2) is 0 Å². The Kier molecular flexibility index (Phi) is 3.03. The molecule has 0 unspecified atom stereocenters. The van der Waals surface area contributed by atoms with E-state index in [1.165, 1.54) is 0 Å². The van der Waals surface area contributed by atoms with Crippen LogP contribution in [-0.2, 0) is 6.42 Å². The van der Waals surface area contributed by atoms with Gasteiger partial charge in [0.15, 0.2) is 0 Å². The molecule has 0 saturated carbocycles. The standard InChI is InChI=1S/C11H13F/c1-3-5-9-6-7-10(4-2)11(12)8-9/h3,5-8H,4H2,1-2H3/b5-3+. The Labute approximate surface area is 72.7 Å². The summed E-state index contributed by atoms with van der Waals surface area (Å²) in [6.45, 7) is 3.87. The number of allylic oxidation sites excluding steroid dienone is 1. The summed E-state index contributed by atoms with van der Waals surface area (Å²) in [5.41, 5.74) is 1.70. The van der Waals surface area contributed by atoms with Crippen molar-refractivity contribution in [1.82, 2.24) is 0 Å². The number of halogens is 1. The first kappa shape index (κ1) is 8.98. The molecule has 1 aromatic rings. The Bertz CT molecular complexity index is 287. The molecule has 0 aliphatic carbocycles. The predicted molar refractivity (Wildman–Crippen MR) is 50.5 cm³/mol. The number of benzene rings is 1. The quantitative estimate of drug-likeness (QED) is 0.628. The van der Waals surface area contributed by atoms with E-state index in [-0.39, 0.29) is 5.82 Å². The maximum Gasteiger partial charge on any atom is 0.126 e. The lowest BCUT2D eigenvalue weighted by Gasteiger charge is -1.99. The number of hydrogen-bond acceptors (Lipinski definition) is 0. The van der Waals surface area contributed by atoms with Gasteiger partial charge in [-0.3, -0.25) is 0 Å². The van der Waals surface area contributed by atoms with E-state index in [1.54, 1.807) is 6.07 Å². The minimum atomic E-state index is -0.104. The molecule has 0 aromatic heterocycles. The van der Waals surface area contributed by atoms with Crippen molar-refractivity contribution in [2.45, 2.75) is 20.3 Å². The van der Waals surface area contributed by atoms with E-state index >= 15 is 0 Å². The minimum absolute atomic E-state index is 0.104. The summed E-state index contributed by atoms with van der Waals surface area (Å²) in [7, 11) is 0. The zero-order chi connectivity index (χ0) is 8.97. The van der Waals surface area contributed by atoms with Crippen LogP contribution in [0, 0.1) is 5.82 Å². The molecule has 0 aliphatic rings. The molecule has 0 saturated heterocycles. The predicted octanol–water partition coefficient (Wildman–Crippen LogP) is 3.42. The molecular formula is C11H13F. The van der Waals surface area contributed by atoms with Crippen LogP contribution in [0.5, 0.6) is 0 Å². The lowest BCUT2D eigenvalue weighted by molar-refractivity contribution is 0.612. The van der Waals surface area contributed by atoms with Crippen molar-refractivity contribution >= 4 is 6.08 Å². The Morgan fingerprint density at radius 3 is 2.67 bits per heavy atom. The van der Waals surface area contributed by atoms with E-state index in [0.717, 1.165) is 17.5 Å². The average molecular weight is 164 g/mol. The molecule has 0 atom stereocenters. The van der Waals surface area contributed by atoms with E-state index in [0.29, 0.717) is 0 Å². The number of aryl methyl sites for hydroxylation is 1. The van der Waals surface area contributed by atoms with E-state index in [1.807, 2.05) is 38.1 Å². The van der Waals surface area contributed by atoms with Crippen LogP contribution in [0.1, 0.15) is 25.0 Å². The van der Waals surface area contributed by atoms with Gasteiger partial charge in [0, 0.05) is 0 Å². The fourth-order valence-electron chi connectivity index (χ4n) is 1.15. The number of rotatable bonds is 2. The highest BCUT2D eigenvalue weighted by molar-refractivity contribution is 5.49. The third-order valence-electron chi connectivity index (χ3n) is 1.82. The van der Waals surface area contributed by atoms with E-state index < -0.39 is 0 Å². The molecule has 0 aliphatic heterocycles. The summed E-state index contributed by atoms with van der Waals surface area (Å²) >= 11 is 0. The molecule has 0 bridgehead atoms. The van der Waals surface area contributed by atoms with Crippen LogP contribution in [0.3, 0.4) is 0 Å². The minimum Gasteiger partial charge on any atom is -0.207 e. The fraction of sp³-hybridized carbons (Fsp3) is 0.273. The largest absolute Gasteiger partial charge is 0.207 e. The van der Waals surface area contributed by atoms with Gasteiger partial charge in [-0.05, 0) is 30.5 Å². The highest BCUT2D eigenvalue weighted by Gasteiger charge is 1.98. The molecule has 1 aromatic carbocycles. The van der Waals surface area contributed by atoms with Crippen molar-refractivity contribution in [3.8, 4) is 0 Å². The van der Waals surface area contributed by atoms with Crippen LogP contribution in [0.25, 0.3) is 6.08 Å². The van der Waals surface area contributed by atoms with Gasteiger partial charge in [0.2, 0.25) is 0 Å². The smallest absolute Gasteiger partial charge is 0.126 e. The maximum absolute atomic E-state index is 13.1. The van der Waals surface area contributed by atoms with Crippen molar-refractivity contribution in [2.24, 2.45) is 0 Å². The molecule has 0 nitrogen and oxygen atoms in total. The molecule has 0 heterocycles. The molecule has 1 heteroatoms. The van der Waals surface area contributed by atoms with E-state index in [4.69, 9.17) is 0 Å². The highest BCUT2D eigenvalue weighted by Crippen LogP contribution is 2.11.